The molecule has 0 fully saturated rings. The van der Waals surface area contributed by atoms with Gasteiger partial charge in [-0.3, -0.25) is 14.2 Å². The number of carbonyl (C=O) groups excluding carboxylic acids is 1. The van der Waals surface area contributed by atoms with E-state index >= 15 is 0 Å². The number of aryl methyl sites for hydroxylation is 1. The Labute approximate surface area is 206 Å². The number of amides is 1. The highest BCUT2D eigenvalue weighted by Gasteiger charge is 2.17. The van der Waals surface area contributed by atoms with Gasteiger partial charge in [-0.25, -0.2) is 4.98 Å². The summed E-state index contributed by atoms with van der Waals surface area (Å²) in [6.07, 6.45) is 0.673. The molecule has 0 spiro atoms. The number of hydrogen-bond acceptors (Lipinski definition) is 5. The maximum atomic E-state index is 13.2. The summed E-state index contributed by atoms with van der Waals surface area (Å²) in [4.78, 5) is 32.6. The molecule has 170 valence electrons. The smallest absolute Gasteiger partial charge is 0.272 e. The van der Waals surface area contributed by atoms with Gasteiger partial charge in [0.2, 0.25) is 5.91 Å². The normalized spacial score (nSPS) is 11.1. The van der Waals surface area contributed by atoms with E-state index in [9.17, 15) is 9.59 Å². The molecule has 8 heteroatoms. The number of nitrogens with zero attached hydrogens (tertiary/aromatic N) is 3. The van der Waals surface area contributed by atoms with Crippen LogP contribution in [-0.2, 0) is 24.3 Å². The quantitative estimate of drug-likeness (QED) is 0.226. The molecule has 0 radical (unpaired) electrons. The molecule has 0 saturated carbocycles. The molecule has 0 unspecified atom stereocenters. The van der Waals surface area contributed by atoms with Gasteiger partial charge in [0.25, 0.3) is 5.56 Å². The van der Waals surface area contributed by atoms with Crippen LogP contribution in [0.1, 0.15) is 18.1 Å². The number of carbonyl (C=O) groups is 1. The van der Waals surface area contributed by atoms with E-state index in [1.165, 1.54) is 23.1 Å². The van der Waals surface area contributed by atoms with Crippen LogP contribution in [0.5, 0.6) is 0 Å². The lowest BCUT2D eigenvalue weighted by Crippen LogP contribution is -2.32. The lowest BCUT2D eigenvalue weighted by atomic mass is 10.1. The van der Waals surface area contributed by atoms with Crippen LogP contribution in [-0.4, -0.2) is 32.7 Å². The predicted octanol–water partition coefficient (Wildman–Crippen LogP) is 5.49. The Morgan fingerprint density at radius 2 is 1.85 bits per heavy atom. The van der Waals surface area contributed by atoms with Crippen LogP contribution in [0, 0.1) is 0 Å². The number of fused-ring (bicyclic) bond motifs is 1. The number of hydrogen-bond donors (Lipinski definition) is 0. The number of halogens is 1. The van der Waals surface area contributed by atoms with Gasteiger partial charge in [-0.15, -0.1) is 11.3 Å². The van der Waals surface area contributed by atoms with Crippen LogP contribution in [0.4, 0.5) is 0 Å². The Kier molecular flexibility index (Phi) is 7.85. The Morgan fingerprint density at radius 1 is 1.09 bits per heavy atom. The van der Waals surface area contributed by atoms with Crippen molar-refractivity contribution in [2.24, 2.45) is 0 Å². The lowest BCUT2D eigenvalue weighted by molar-refractivity contribution is -0.128. The molecule has 0 atom stereocenters. The summed E-state index contributed by atoms with van der Waals surface area (Å²) in [5.41, 5.74) is 2.80. The molecule has 2 aromatic carbocycles. The Bertz CT molecular complexity index is 1290. The maximum absolute atomic E-state index is 13.2. The first-order valence-electron chi connectivity index (χ1n) is 10.7. The highest BCUT2D eigenvalue weighted by molar-refractivity contribution is 7.99. The number of benzene rings is 2. The van der Waals surface area contributed by atoms with Crippen LogP contribution in [0.15, 0.2) is 76.0 Å². The van der Waals surface area contributed by atoms with E-state index in [1.54, 1.807) is 4.57 Å². The van der Waals surface area contributed by atoms with E-state index in [0.29, 0.717) is 46.5 Å². The SMILES string of the molecule is CCN(Cc1ccccc1)C(=O)CSc1nc2ccsc2c(=O)n1CCc1ccc(Cl)cc1. The summed E-state index contributed by atoms with van der Waals surface area (Å²) in [5, 5.41) is 3.13. The van der Waals surface area contributed by atoms with Crippen molar-refractivity contribution in [3.05, 3.63) is 92.5 Å². The Hall–Kier alpha value is -2.61. The van der Waals surface area contributed by atoms with E-state index in [2.05, 4.69) is 0 Å². The van der Waals surface area contributed by atoms with E-state index in [1.807, 2.05) is 77.9 Å². The second-order valence-electron chi connectivity index (χ2n) is 7.54. The van der Waals surface area contributed by atoms with Crippen molar-refractivity contribution in [2.75, 3.05) is 12.3 Å². The molecule has 0 aliphatic rings. The van der Waals surface area contributed by atoms with Gasteiger partial charge < -0.3 is 4.90 Å². The molecule has 0 aliphatic heterocycles. The highest BCUT2D eigenvalue weighted by Crippen LogP contribution is 2.22. The second kappa shape index (κ2) is 11.0. The number of aromatic nitrogens is 2. The Morgan fingerprint density at radius 3 is 2.58 bits per heavy atom. The average molecular weight is 498 g/mol. The molecule has 1 amide bonds. The van der Waals surface area contributed by atoms with E-state index < -0.39 is 0 Å². The van der Waals surface area contributed by atoms with Crippen molar-refractivity contribution in [1.29, 1.82) is 0 Å². The largest absolute Gasteiger partial charge is 0.338 e. The van der Waals surface area contributed by atoms with Gasteiger partial charge in [-0.05, 0) is 48.1 Å². The third-order valence-electron chi connectivity index (χ3n) is 5.34. The molecule has 4 rings (SSSR count). The second-order valence-corrected chi connectivity index (χ2v) is 9.84. The van der Waals surface area contributed by atoms with Crippen molar-refractivity contribution >= 4 is 50.8 Å². The van der Waals surface area contributed by atoms with Crippen LogP contribution in [0.3, 0.4) is 0 Å². The first kappa shape index (κ1) is 23.5. The maximum Gasteiger partial charge on any atom is 0.272 e. The lowest BCUT2D eigenvalue weighted by Gasteiger charge is -2.21. The molecular formula is C25H24ClN3O2S2. The van der Waals surface area contributed by atoms with E-state index in [0.717, 1.165) is 11.1 Å². The van der Waals surface area contributed by atoms with Gasteiger partial charge in [0.1, 0.15) is 4.70 Å². The molecule has 4 aromatic rings. The van der Waals surface area contributed by atoms with Gasteiger partial charge in [0.05, 0.1) is 11.3 Å². The van der Waals surface area contributed by atoms with E-state index in [4.69, 9.17) is 16.6 Å². The topological polar surface area (TPSA) is 55.2 Å². The minimum atomic E-state index is -0.0597. The first-order valence-corrected chi connectivity index (χ1v) is 13.0. The third-order valence-corrected chi connectivity index (χ3v) is 7.45. The van der Waals surface area contributed by atoms with Crippen molar-refractivity contribution in [2.45, 2.75) is 31.6 Å². The first-order chi connectivity index (χ1) is 16.0. The molecule has 0 saturated heterocycles. The van der Waals surface area contributed by atoms with Crippen molar-refractivity contribution in [3.63, 3.8) is 0 Å². The van der Waals surface area contributed by atoms with Crippen LogP contribution >= 0.6 is 34.7 Å². The summed E-state index contributed by atoms with van der Waals surface area (Å²) in [6, 6.07) is 19.4. The third kappa shape index (κ3) is 5.85. The van der Waals surface area contributed by atoms with Crippen LogP contribution in [0.2, 0.25) is 5.02 Å². The molecule has 2 aromatic heterocycles. The fourth-order valence-electron chi connectivity index (χ4n) is 3.52. The minimum Gasteiger partial charge on any atom is -0.338 e. The standard InChI is InChI=1S/C25H24ClN3O2S2/c1-2-28(16-19-6-4-3-5-7-19)22(30)17-33-25-27-21-13-15-32-23(21)24(31)29(25)14-12-18-8-10-20(26)11-9-18/h3-11,13,15H,2,12,14,16-17H2,1H3. The molecule has 5 nitrogen and oxygen atoms in total. The van der Waals surface area contributed by atoms with Gasteiger partial charge in [0, 0.05) is 24.7 Å². The van der Waals surface area contributed by atoms with Gasteiger partial charge in [-0.2, -0.15) is 0 Å². The summed E-state index contributed by atoms with van der Waals surface area (Å²) in [7, 11) is 0. The number of rotatable bonds is 9. The van der Waals surface area contributed by atoms with E-state index in [-0.39, 0.29) is 17.2 Å². The summed E-state index contributed by atoms with van der Waals surface area (Å²) >= 11 is 8.71. The molecule has 2 heterocycles. The van der Waals surface area contributed by atoms with Crippen LogP contribution in [0.25, 0.3) is 10.2 Å². The van der Waals surface area contributed by atoms with Gasteiger partial charge >= 0.3 is 0 Å². The zero-order valence-electron chi connectivity index (χ0n) is 18.2. The number of thioether (sulfide) groups is 1. The predicted molar refractivity (Wildman–Crippen MR) is 137 cm³/mol. The van der Waals surface area contributed by atoms with Crippen LogP contribution < -0.4 is 5.56 Å². The average Bonchev–Trinajstić information content (AvgIpc) is 3.31. The van der Waals surface area contributed by atoms with Crippen molar-refractivity contribution < 1.29 is 4.79 Å². The number of thiophene rings is 1. The monoisotopic (exact) mass is 497 g/mol. The zero-order valence-corrected chi connectivity index (χ0v) is 20.6. The Balaban J connectivity index is 1.52. The summed E-state index contributed by atoms with van der Waals surface area (Å²) < 4.78 is 2.33. The van der Waals surface area contributed by atoms with Crippen molar-refractivity contribution in [1.82, 2.24) is 14.5 Å². The highest BCUT2D eigenvalue weighted by atomic mass is 35.5. The van der Waals surface area contributed by atoms with Gasteiger partial charge in [0.15, 0.2) is 5.16 Å². The minimum absolute atomic E-state index is 0.0234. The summed E-state index contributed by atoms with van der Waals surface area (Å²) in [5.74, 6) is 0.249. The molecule has 0 N–H and O–H groups in total. The fourth-order valence-corrected chi connectivity index (χ4v) is 5.35. The summed E-state index contributed by atoms with van der Waals surface area (Å²) in [6.45, 7) is 3.65. The fraction of sp³-hybridized carbons (Fsp3) is 0.240. The van der Waals surface area contributed by atoms with Gasteiger partial charge in [-0.1, -0.05) is 65.8 Å². The molecule has 0 bridgehead atoms. The van der Waals surface area contributed by atoms with Crippen molar-refractivity contribution in [3.8, 4) is 0 Å². The molecule has 0 aliphatic carbocycles. The zero-order chi connectivity index (χ0) is 23.2. The molecular weight excluding hydrogens is 474 g/mol. The molecule has 33 heavy (non-hydrogen) atoms.